The Bertz CT molecular complexity index is 359. The maximum Gasteiger partial charge on any atom is 0.226 e. The summed E-state index contributed by atoms with van der Waals surface area (Å²) in [6.45, 7) is 1.88. The normalized spacial score (nSPS) is 15.4. The Balaban J connectivity index is 4.11. The lowest BCUT2D eigenvalue weighted by molar-refractivity contribution is 0.578. The van der Waals surface area contributed by atoms with Gasteiger partial charge in [0.2, 0.25) is 10.0 Å². The third kappa shape index (κ3) is 8.74. The number of alkyl halides is 1. The van der Waals surface area contributed by atoms with Crippen molar-refractivity contribution >= 4 is 31.5 Å². The van der Waals surface area contributed by atoms with E-state index in [0.29, 0.717) is 6.42 Å². The highest BCUT2D eigenvalue weighted by Crippen LogP contribution is 1.99. The molecule has 0 aliphatic rings. The molecular formula is C6H14ClNO4S2. The summed E-state index contributed by atoms with van der Waals surface area (Å²) >= 11 is 5.59. The Morgan fingerprint density at radius 1 is 1.29 bits per heavy atom. The van der Waals surface area contributed by atoms with E-state index >= 15 is 0 Å². The highest BCUT2D eigenvalue weighted by molar-refractivity contribution is 8.06. The Morgan fingerprint density at radius 3 is 2.14 bits per heavy atom. The quantitative estimate of drug-likeness (QED) is 0.680. The van der Waals surface area contributed by atoms with Crippen LogP contribution in [0, 0.1) is 0 Å². The van der Waals surface area contributed by atoms with Crippen molar-refractivity contribution in [2.45, 2.75) is 18.7 Å². The minimum Gasteiger partial charge on any atom is -0.228 e. The van der Waals surface area contributed by atoms with Gasteiger partial charge < -0.3 is 0 Å². The molecule has 1 atom stereocenters. The number of sulfone groups is 1. The van der Waals surface area contributed by atoms with Gasteiger partial charge in [-0.05, 0) is 13.3 Å². The van der Waals surface area contributed by atoms with Crippen molar-refractivity contribution in [1.29, 1.82) is 0 Å². The molecule has 1 unspecified atom stereocenters. The van der Waals surface area contributed by atoms with Crippen LogP contribution in [-0.4, -0.2) is 40.1 Å². The average Bonchev–Trinajstić information content (AvgIpc) is 1.78. The smallest absolute Gasteiger partial charge is 0.226 e. The fraction of sp³-hybridized carbons (Fsp3) is 1.00. The Hall–Kier alpha value is 0.150. The fourth-order valence-corrected chi connectivity index (χ4v) is 3.86. The summed E-state index contributed by atoms with van der Waals surface area (Å²) in [4.78, 5) is 0. The predicted molar refractivity (Wildman–Crippen MR) is 56.6 cm³/mol. The molecule has 0 aromatic heterocycles. The lowest BCUT2D eigenvalue weighted by Gasteiger charge is -2.06. The van der Waals surface area contributed by atoms with Crippen molar-refractivity contribution in [1.82, 2.24) is 4.72 Å². The molecule has 0 heterocycles. The first-order chi connectivity index (χ1) is 6.12. The van der Waals surface area contributed by atoms with Gasteiger partial charge in [0.05, 0.1) is 0 Å². The number of sulfonamides is 1. The molecular weight excluding hydrogens is 250 g/mol. The minimum absolute atomic E-state index is 0.143. The van der Waals surface area contributed by atoms with E-state index in [0.717, 1.165) is 6.26 Å². The monoisotopic (exact) mass is 263 g/mol. The molecule has 0 saturated carbocycles. The SMILES string of the molecule is CC(Cl)CCNS(=O)(=O)CS(C)(=O)=O. The van der Waals surface area contributed by atoms with Gasteiger partial charge in [0.15, 0.2) is 14.9 Å². The zero-order valence-corrected chi connectivity index (χ0v) is 10.4. The van der Waals surface area contributed by atoms with Crippen molar-refractivity contribution in [3.63, 3.8) is 0 Å². The highest BCUT2D eigenvalue weighted by Gasteiger charge is 2.17. The van der Waals surface area contributed by atoms with E-state index in [1.54, 1.807) is 6.92 Å². The summed E-state index contributed by atoms with van der Waals surface area (Å²) in [5, 5.41) is -1.02. The summed E-state index contributed by atoms with van der Waals surface area (Å²) in [7, 11) is -7.25. The van der Waals surface area contributed by atoms with Crippen LogP contribution >= 0.6 is 11.6 Å². The van der Waals surface area contributed by atoms with Gasteiger partial charge in [-0.2, -0.15) is 0 Å². The topological polar surface area (TPSA) is 80.3 Å². The summed E-state index contributed by atoms with van der Waals surface area (Å²) < 4.78 is 45.7. The summed E-state index contributed by atoms with van der Waals surface area (Å²) in [6.07, 6.45) is 1.33. The number of nitrogens with one attached hydrogen (secondary N) is 1. The second-order valence-electron chi connectivity index (χ2n) is 3.12. The lowest BCUT2D eigenvalue weighted by Crippen LogP contribution is -2.31. The first kappa shape index (κ1) is 14.2. The van der Waals surface area contributed by atoms with Crippen LogP contribution in [-0.2, 0) is 19.9 Å². The van der Waals surface area contributed by atoms with Gasteiger partial charge in [0.1, 0.15) is 0 Å². The van der Waals surface area contributed by atoms with Gasteiger partial charge in [-0.15, -0.1) is 11.6 Å². The van der Waals surface area contributed by atoms with E-state index in [4.69, 9.17) is 11.6 Å². The molecule has 0 rings (SSSR count). The average molecular weight is 264 g/mol. The molecule has 0 aliphatic carbocycles. The molecule has 0 radical (unpaired) electrons. The van der Waals surface area contributed by atoms with Gasteiger partial charge in [0.25, 0.3) is 0 Å². The van der Waals surface area contributed by atoms with Crippen LogP contribution in [0.2, 0.25) is 0 Å². The zero-order valence-electron chi connectivity index (χ0n) is 8.03. The van der Waals surface area contributed by atoms with Crippen LogP contribution in [0.5, 0.6) is 0 Å². The lowest BCUT2D eigenvalue weighted by atomic mass is 10.3. The first-order valence-corrected chi connectivity index (χ1v) is 8.06. The molecule has 0 aromatic carbocycles. The molecule has 86 valence electrons. The van der Waals surface area contributed by atoms with E-state index in [-0.39, 0.29) is 11.9 Å². The summed E-state index contributed by atoms with van der Waals surface area (Å²) in [5.41, 5.74) is 0. The minimum atomic E-state index is -3.73. The molecule has 0 aromatic rings. The first-order valence-electron chi connectivity index (χ1n) is 3.91. The highest BCUT2D eigenvalue weighted by atomic mass is 35.5. The number of rotatable bonds is 6. The second-order valence-corrected chi connectivity index (χ2v) is 8.18. The van der Waals surface area contributed by atoms with Crippen LogP contribution in [0.15, 0.2) is 0 Å². The maximum absolute atomic E-state index is 11.1. The van der Waals surface area contributed by atoms with Crippen molar-refractivity contribution in [2.24, 2.45) is 0 Å². The van der Waals surface area contributed by atoms with Crippen LogP contribution in [0.3, 0.4) is 0 Å². The molecule has 1 N–H and O–H groups in total. The molecule has 8 heteroatoms. The van der Waals surface area contributed by atoms with E-state index in [9.17, 15) is 16.8 Å². The number of hydrogen-bond donors (Lipinski definition) is 1. The van der Waals surface area contributed by atoms with Crippen molar-refractivity contribution in [3.05, 3.63) is 0 Å². The van der Waals surface area contributed by atoms with Gasteiger partial charge in [0, 0.05) is 18.2 Å². The van der Waals surface area contributed by atoms with E-state index in [1.807, 2.05) is 0 Å². The molecule has 0 amide bonds. The molecule has 0 spiro atoms. The zero-order chi connectivity index (χ0) is 11.4. The van der Waals surface area contributed by atoms with Gasteiger partial charge in [-0.3, -0.25) is 0 Å². The standard InChI is InChI=1S/C6H14ClNO4S2/c1-6(7)3-4-8-14(11,12)5-13(2,9)10/h6,8H,3-5H2,1-2H3. The molecule has 0 saturated heterocycles. The van der Waals surface area contributed by atoms with Crippen molar-refractivity contribution in [2.75, 3.05) is 17.9 Å². The fourth-order valence-electron chi connectivity index (χ4n) is 0.737. The largest absolute Gasteiger partial charge is 0.228 e. The van der Waals surface area contributed by atoms with Gasteiger partial charge >= 0.3 is 0 Å². The third-order valence-corrected chi connectivity index (χ3v) is 5.05. The van der Waals surface area contributed by atoms with Crippen LogP contribution in [0.4, 0.5) is 0 Å². The van der Waals surface area contributed by atoms with Crippen LogP contribution in [0.25, 0.3) is 0 Å². The Kier molecular flexibility index (Phi) is 5.35. The Labute approximate surface area is 89.8 Å². The predicted octanol–water partition coefficient (Wildman–Crippen LogP) is -0.0747. The molecule has 0 bridgehead atoms. The number of halogens is 1. The van der Waals surface area contributed by atoms with Gasteiger partial charge in [-0.25, -0.2) is 21.6 Å². The van der Waals surface area contributed by atoms with Crippen molar-refractivity contribution < 1.29 is 16.8 Å². The Morgan fingerprint density at radius 2 is 1.79 bits per heavy atom. The maximum atomic E-state index is 11.1. The summed E-state index contributed by atoms with van der Waals surface area (Å²) in [5.74, 6) is 0. The van der Waals surface area contributed by atoms with E-state index in [1.165, 1.54) is 0 Å². The van der Waals surface area contributed by atoms with E-state index < -0.39 is 24.9 Å². The molecule has 0 fully saturated rings. The molecule has 14 heavy (non-hydrogen) atoms. The van der Waals surface area contributed by atoms with E-state index in [2.05, 4.69) is 4.72 Å². The van der Waals surface area contributed by atoms with Crippen LogP contribution < -0.4 is 4.72 Å². The van der Waals surface area contributed by atoms with Crippen LogP contribution in [0.1, 0.15) is 13.3 Å². The second kappa shape index (κ2) is 5.29. The third-order valence-electron chi connectivity index (χ3n) is 1.23. The summed E-state index contributed by atoms with van der Waals surface area (Å²) in [6, 6.07) is 0. The number of hydrogen-bond acceptors (Lipinski definition) is 4. The molecule has 5 nitrogen and oxygen atoms in total. The van der Waals surface area contributed by atoms with Crippen molar-refractivity contribution in [3.8, 4) is 0 Å². The van der Waals surface area contributed by atoms with Gasteiger partial charge in [-0.1, -0.05) is 0 Å². The molecule has 0 aliphatic heterocycles.